The van der Waals surface area contributed by atoms with Crippen molar-refractivity contribution in [1.82, 2.24) is 10.0 Å². The summed E-state index contributed by atoms with van der Waals surface area (Å²) in [7, 11) is -3.58. The highest BCUT2D eigenvalue weighted by atomic mass is 32.2. The standard InChI is InChI=1S/C19H23N3O2S/c1-19(2,3)22-25(23,24)18-7-5-4-6-17(18)14-21-13-16-10-8-15(12-20)9-11-16/h4-11,21-22H,13-14H2,1-3H3. The predicted molar refractivity (Wildman–Crippen MR) is 98.2 cm³/mol. The maximum atomic E-state index is 12.6. The molecule has 2 aromatic rings. The van der Waals surface area contributed by atoms with E-state index in [9.17, 15) is 8.42 Å². The summed E-state index contributed by atoms with van der Waals surface area (Å²) in [5, 5.41) is 12.1. The van der Waals surface area contributed by atoms with E-state index in [0.29, 0.717) is 24.2 Å². The van der Waals surface area contributed by atoms with E-state index >= 15 is 0 Å². The molecule has 5 nitrogen and oxygen atoms in total. The van der Waals surface area contributed by atoms with Crippen LogP contribution < -0.4 is 10.0 Å². The maximum absolute atomic E-state index is 12.6. The normalized spacial score (nSPS) is 11.9. The molecule has 2 aromatic carbocycles. The molecule has 0 aliphatic heterocycles. The average molecular weight is 357 g/mol. The smallest absolute Gasteiger partial charge is 0.241 e. The number of benzene rings is 2. The van der Waals surface area contributed by atoms with E-state index in [0.717, 1.165) is 5.56 Å². The number of hydrogen-bond acceptors (Lipinski definition) is 4. The first kappa shape index (κ1) is 19.1. The van der Waals surface area contributed by atoms with Crippen molar-refractivity contribution in [3.05, 3.63) is 65.2 Å². The van der Waals surface area contributed by atoms with Gasteiger partial charge in [-0.05, 0) is 50.1 Å². The van der Waals surface area contributed by atoms with Gasteiger partial charge >= 0.3 is 0 Å². The molecule has 0 saturated carbocycles. The molecule has 0 heterocycles. The maximum Gasteiger partial charge on any atom is 0.241 e. The molecule has 0 aliphatic carbocycles. The number of nitriles is 1. The quantitative estimate of drug-likeness (QED) is 0.833. The van der Waals surface area contributed by atoms with Gasteiger partial charge in [0, 0.05) is 18.6 Å². The minimum absolute atomic E-state index is 0.289. The SMILES string of the molecule is CC(C)(C)NS(=O)(=O)c1ccccc1CNCc1ccc(C#N)cc1. The Morgan fingerprint density at radius 3 is 2.24 bits per heavy atom. The zero-order valence-electron chi connectivity index (χ0n) is 14.7. The number of nitrogens with zero attached hydrogens (tertiary/aromatic N) is 1. The third kappa shape index (κ3) is 5.68. The molecule has 6 heteroatoms. The lowest BCUT2D eigenvalue weighted by molar-refractivity contribution is 0.490. The molecule has 0 fully saturated rings. The molecule has 0 aliphatic rings. The molecule has 2 rings (SSSR count). The molecule has 2 N–H and O–H groups in total. The second kappa shape index (κ2) is 7.79. The fourth-order valence-corrected chi connectivity index (χ4v) is 4.07. The van der Waals surface area contributed by atoms with Crippen LogP contribution in [0.25, 0.3) is 0 Å². The molecule has 0 amide bonds. The van der Waals surface area contributed by atoms with Crippen LogP contribution in [0, 0.1) is 11.3 Å². The number of sulfonamides is 1. The van der Waals surface area contributed by atoms with Gasteiger partial charge in [-0.25, -0.2) is 13.1 Å². The summed E-state index contributed by atoms with van der Waals surface area (Å²) >= 11 is 0. The fraction of sp³-hybridized carbons (Fsp3) is 0.316. The second-order valence-corrected chi connectivity index (χ2v) is 8.53. The summed E-state index contributed by atoms with van der Waals surface area (Å²) in [6, 6.07) is 16.4. The van der Waals surface area contributed by atoms with Crippen molar-refractivity contribution >= 4 is 10.0 Å². The van der Waals surface area contributed by atoms with Gasteiger partial charge in [0.2, 0.25) is 10.0 Å². The summed E-state index contributed by atoms with van der Waals surface area (Å²) in [5.74, 6) is 0. The van der Waals surface area contributed by atoms with E-state index in [-0.39, 0.29) is 4.90 Å². The summed E-state index contributed by atoms with van der Waals surface area (Å²) in [6.07, 6.45) is 0. The lowest BCUT2D eigenvalue weighted by Crippen LogP contribution is -2.40. The molecule has 0 bridgehead atoms. The van der Waals surface area contributed by atoms with Crippen molar-refractivity contribution < 1.29 is 8.42 Å². The van der Waals surface area contributed by atoms with Crippen LogP contribution in [-0.2, 0) is 23.1 Å². The highest BCUT2D eigenvalue weighted by molar-refractivity contribution is 7.89. The number of rotatable bonds is 6. The Labute approximate surface area is 149 Å². The van der Waals surface area contributed by atoms with Gasteiger partial charge < -0.3 is 5.32 Å². The molecule has 25 heavy (non-hydrogen) atoms. The summed E-state index contributed by atoms with van der Waals surface area (Å²) in [5.41, 5.74) is 1.83. The molecule has 0 saturated heterocycles. The Morgan fingerprint density at radius 2 is 1.64 bits per heavy atom. The zero-order chi connectivity index (χ0) is 18.5. The highest BCUT2D eigenvalue weighted by Gasteiger charge is 2.23. The van der Waals surface area contributed by atoms with E-state index in [1.54, 1.807) is 24.3 Å². The zero-order valence-corrected chi connectivity index (χ0v) is 15.5. The Bertz CT molecular complexity index is 861. The first-order valence-electron chi connectivity index (χ1n) is 8.03. The van der Waals surface area contributed by atoms with Crippen LogP contribution in [0.15, 0.2) is 53.4 Å². The largest absolute Gasteiger partial charge is 0.309 e. The predicted octanol–water partition coefficient (Wildman–Crippen LogP) is 2.92. The van der Waals surface area contributed by atoms with Gasteiger partial charge in [-0.15, -0.1) is 0 Å². The first-order chi connectivity index (χ1) is 11.7. The summed E-state index contributed by atoms with van der Waals surface area (Å²) < 4.78 is 27.9. The van der Waals surface area contributed by atoms with Crippen LogP contribution >= 0.6 is 0 Å². The molecule has 0 unspecified atom stereocenters. The molecular weight excluding hydrogens is 334 g/mol. The van der Waals surface area contributed by atoms with Gasteiger partial charge in [-0.1, -0.05) is 30.3 Å². The van der Waals surface area contributed by atoms with E-state index in [1.165, 1.54) is 0 Å². The Balaban J connectivity index is 2.09. The van der Waals surface area contributed by atoms with Gasteiger partial charge in [0.1, 0.15) is 0 Å². The van der Waals surface area contributed by atoms with E-state index in [2.05, 4.69) is 16.1 Å². The van der Waals surface area contributed by atoms with Gasteiger partial charge in [0.05, 0.1) is 16.5 Å². The van der Waals surface area contributed by atoms with Crippen molar-refractivity contribution in [2.45, 2.75) is 44.3 Å². The van der Waals surface area contributed by atoms with Crippen molar-refractivity contribution in [2.75, 3.05) is 0 Å². The third-order valence-electron chi connectivity index (χ3n) is 3.43. The minimum Gasteiger partial charge on any atom is -0.309 e. The summed E-state index contributed by atoms with van der Waals surface area (Å²) in [4.78, 5) is 0.289. The van der Waals surface area contributed by atoms with E-state index in [4.69, 9.17) is 5.26 Å². The van der Waals surface area contributed by atoms with Crippen LogP contribution in [-0.4, -0.2) is 14.0 Å². The average Bonchev–Trinajstić information content (AvgIpc) is 2.54. The van der Waals surface area contributed by atoms with E-state index < -0.39 is 15.6 Å². The van der Waals surface area contributed by atoms with Crippen LogP contribution in [0.1, 0.15) is 37.5 Å². The second-order valence-electron chi connectivity index (χ2n) is 6.88. The Hall–Kier alpha value is -2.20. The lowest BCUT2D eigenvalue weighted by atomic mass is 10.1. The number of nitrogens with one attached hydrogen (secondary N) is 2. The topological polar surface area (TPSA) is 82.0 Å². The van der Waals surface area contributed by atoms with Crippen LogP contribution in [0.3, 0.4) is 0 Å². The molecular formula is C19H23N3O2S. The molecule has 0 spiro atoms. The van der Waals surface area contributed by atoms with Crippen molar-refractivity contribution in [3.8, 4) is 6.07 Å². The van der Waals surface area contributed by atoms with E-state index in [1.807, 2.05) is 45.0 Å². The lowest BCUT2D eigenvalue weighted by Gasteiger charge is -2.21. The Kier molecular flexibility index (Phi) is 5.96. The summed E-state index contributed by atoms with van der Waals surface area (Å²) in [6.45, 7) is 6.47. The van der Waals surface area contributed by atoms with Crippen LogP contribution in [0.5, 0.6) is 0 Å². The van der Waals surface area contributed by atoms with Gasteiger partial charge in [0.25, 0.3) is 0 Å². The van der Waals surface area contributed by atoms with Crippen LogP contribution in [0.2, 0.25) is 0 Å². The fourth-order valence-electron chi connectivity index (χ4n) is 2.41. The molecule has 0 atom stereocenters. The van der Waals surface area contributed by atoms with Gasteiger partial charge in [-0.2, -0.15) is 5.26 Å². The molecule has 0 aromatic heterocycles. The first-order valence-corrected chi connectivity index (χ1v) is 9.51. The number of hydrogen-bond donors (Lipinski definition) is 2. The van der Waals surface area contributed by atoms with Crippen molar-refractivity contribution in [2.24, 2.45) is 0 Å². The Morgan fingerprint density at radius 1 is 1.00 bits per heavy atom. The van der Waals surface area contributed by atoms with Gasteiger partial charge in [-0.3, -0.25) is 0 Å². The third-order valence-corrected chi connectivity index (χ3v) is 5.29. The van der Waals surface area contributed by atoms with Crippen LogP contribution in [0.4, 0.5) is 0 Å². The highest BCUT2D eigenvalue weighted by Crippen LogP contribution is 2.18. The molecule has 0 radical (unpaired) electrons. The van der Waals surface area contributed by atoms with Gasteiger partial charge in [0.15, 0.2) is 0 Å². The monoisotopic (exact) mass is 357 g/mol. The minimum atomic E-state index is -3.58. The molecule has 132 valence electrons. The van der Waals surface area contributed by atoms with Crippen molar-refractivity contribution in [3.63, 3.8) is 0 Å². The van der Waals surface area contributed by atoms with Crippen molar-refractivity contribution in [1.29, 1.82) is 5.26 Å².